The summed E-state index contributed by atoms with van der Waals surface area (Å²) in [6.45, 7) is 1.30. The normalized spacial score (nSPS) is 13.5. The van der Waals surface area contributed by atoms with Crippen molar-refractivity contribution < 1.29 is 19.8 Å². The van der Waals surface area contributed by atoms with E-state index >= 15 is 0 Å². The number of carboxylic acid groups (broad SMARTS) is 1. The molecule has 1 aromatic rings. The van der Waals surface area contributed by atoms with E-state index in [2.05, 4.69) is 10.6 Å². The Kier molecular flexibility index (Phi) is 5.35. The average Bonchev–Trinajstić information content (AvgIpc) is 2.28. The highest BCUT2D eigenvalue weighted by Crippen LogP contribution is 2.16. The van der Waals surface area contributed by atoms with Gasteiger partial charge in [-0.2, -0.15) is 0 Å². The van der Waals surface area contributed by atoms with Gasteiger partial charge >= 0.3 is 12.0 Å². The number of carboxylic acids is 1. The van der Waals surface area contributed by atoms with Crippen molar-refractivity contribution in [2.24, 2.45) is 0 Å². The van der Waals surface area contributed by atoms with Gasteiger partial charge in [0.15, 0.2) is 6.04 Å². The molecule has 0 heterocycles. The van der Waals surface area contributed by atoms with Gasteiger partial charge in [0.25, 0.3) is 0 Å². The number of amides is 2. The Hall–Kier alpha value is -1.35. The maximum absolute atomic E-state index is 11.6. The molecule has 0 aliphatic heterocycles. The zero-order valence-electron chi connectivity index (χ0n) is 9.55. The van der Waals surface area contributed by atoms with Crippen molar-refractivity contribution >= 4 is 40.3 Å². The number of carbonyl (C=O) groups excluding carboxylic acids is 1. The number of benzene rings is 1. The molecule has 0 aliphatic carbocycles. The summed E-state index contributed by atoms with van der Waals surface area (Å²) in [5.74, 6) is -1.29. The summed E-state index contributed by atoms with van der Waals surface area (Å²) in [5.41, 5.74) is 0.574. The molecule has 0 radical (unpaired) electrons. The molecule has 98 valence electrons. The summed E-state index contributed by atoms with van der Waals surface area (Å²) in [6, 6.07) is 5.06. The quantitative estimate of drug-likeness (QED) is 0.605. The smallest absolute Gasteiger partial charge is 0.328 e. The summed E-state index contributed by atoms with van der Waals surface area (Å²) in [4.78, 5) is 22.4. The molecule has 0 fully saturated rings. The molecule has 18 heavy (non-hydrogen) atoms. The maximum atomic E-state index is 11.6. The molecule has 0 unspecified atom stereocenters. The number of para-hydroxylation sites is 1. The molecule has 6 nitrogen and oxygen atoms in total. The SMILES string of the molecule is C[C@@H](O)[C@H](NC(=O)Nc1ccccc1I)C(=O)O. The van der Waals surface area contributed by atoms with E-state index in [0.29, 0.717) is 5.69 Å². The fourth-order valence-corrected chi connectivity index (χ4v) is 1.77. The van der Waals surface area contributed by atoms with E-state index in [1.165, 1.54) is 6.92 Å². The van der Waals surface area contributed by atoms with Gasteiger partial charge in [0, 0.05) is 3.57 Å². The number of aliphatic carboxylic acids is 1. The monoisotopic (exact) mass is 364 g/mol. The van der Waals surface area contributed by atoms with Crippen LogP contribution >= 0.6 is 22.6 Å². The fourth-order valence-electron chi connectivity index (χ4n) is 1.25. The molecule has 0 aromatic heterocycles. The molecule has 4 N–H and O–H groups in total. The zero-order valence-corrected chi connectivity index (χ0v) is 11.7. The minimum Gasteiger partial charge on any atom is -0.480 e. The van der Waals surface area contributed by atoms with Crippen molar-refractivity contribution in [1.82, 2.24) is 5.32 Å². The summed E-state index contributed by atoms with van der Waals surface area (Å²) >= 11 is 2.05. The molecule has 1 aromatic carbocycles. The highest BCUT2D eigenvalue weighted by Gasteiger charge is 2.24. The van der Waals surface area contributed by atoms with E-state index in [1.54, 1.807) is 18.2 Å². The summed E-state index contributed by atoms with van der Waals surface area (Å²) in [7, 11) is 0. The van der Waals surface area contributed by atoms with Gasteiger partial charge in [-0.1, -0.05) is 12.1 Å². The Morgan fingerprint density at radius 3 is 2.44 bits per heavy atom. The van der Waals surface area contributed by atoms with Gasteiger partial charge in [-0.3, -0.25) is 0 Å². The number of hydrogen-bond acceptors (Lipinski definition) is 3. The molecular formula is C11H13IN2O4. The van der Waals surface area contributed by atoms with Crippen molar-refractivity contribution in [1.29, 1.82) is 0 Å². The van der Waals surface area contributed by atoms with Crippen LogP contribution in [0.15, 0.2) is 24.3 Å². The molecular weight excluding hydrogens is 351 g/mol. The van der Waals surface area contributed by atoms with Crippen LogP contribution < -0.4 is 10.6 Å². The Labute approximate surface area is 118 Å². The predicted molar refractivity (Wildman–Crippen MR) is 74.4 cm³/mol. The summed E-state index contributed by atoms with van der Waals surface area (Å²) in [5, 5.41) is 22.7. The first-order chi connectivity index (χ1) is 8.41. The summed E-state index contributed by atoms with van der Waals surface area (Å²) < 4.78 is 0.828. The Morgan fingerprint density at radius 2 is 1.94 bits per heavy atom. The van der Waals surface area contributed by atoms with Crippen LogP contribution in [0.5, 0.6) is 0 Å². The molecule has 0 saturated carbocycles. The van der Waals surface area contributed by atoms with Gasteiger partial charge in [0.05, 0.1) is 11.8 Å². The lowest BCUT2D eigenvalue weighted by molar-refractivity contribution is -0.141. The first-order valence-electron chi connectivity index (χ1n) is 5.14. The van der Waals surface area contributed by atoms with Gasteiger partial charge < -0.3 is 20.8 Å². The third-order valence-corrected chi connectivity index (χ3v) is 3.10. The van der Waals surface area contributed by atoms with Crippen LogP contribution in [0.4, 0.5) is 10.5 Å². The number of hydrogen-bond donors (Lipinski definition) is 4. The first kappa shape index (κ1) is 14.7. The molecule has 7 heteroatoms. The highest BCUT2D eigenvalue weighted by molar-refractivity contribution is 14.1. The zero-order chi connectivity index (χ0) is 13.7. The van der Waals surface area contributed by atoms with E-state index in [9.17, 15) is 14.7 Å². The van der Waals surface area contributed by atoms with Crippen LogP contribution in [0.25, 0.3) is 0 Å². The third-order valence-electron chi connectivity index (χ3n) is 2.16. The molecule has 1 rings (SSSR count). The molecule has 0 spiro atoms. The molecule has 2 atom stereocenters. The van der Waals surface area contributed by atoms with Crippen molar-refractivity contribution in [3.63, 3.8) is 0 Å². The van der Waals surface area contributed by atoms with Gasteiger partial charge in [0.1, 0.15) is 0 Å². The van der Waals surface area contributed by atoms with Crippen molar-refractivity contribution in [2.45, 2.75) is 19.1 Å². The van der Waals surface area contributed by atoms with Crippen LogP contribution in [-0.2, 0) is 4.79 Å². The number of aliphatic hydroxyl groups excluding tert-OH is 1. The highest BCUT2D eigenvalue weighted by atomic mass is 127. The lowest BCUT2D eigenvalue weighted by atomic mass is 10.2. The van der Waals surface area contributed by atoms with Crippen LogP contribution in [0, 0.1) is 3.57 Å². The molecule has 0 bridgehead atoms. The van der Waals surface area contributed by atoms with E-state index in [1.807, 2.05) is 28.7 Å². The maximum Gasteiger partial charge on any atom is 0.328 e. The number of rotatable bonds is 4. The van der Waals surface area contributed by atoms with Crippen LogP contribution in [0.1, 0.15) is 6.92 Å². The van der Waals surface area contributed by atoms with Gasteiger partial charge in [-0.05, 0) is 41.6 Å². The Morgan fingerprint density at radius 1 is 1.33 bits per heavy atom. The van der Waals surface area contributed by atoms with Gasteiger partial charge in [-0.15, -0.1) is 0 Å². The minimum atomic E-state index is -1.34. The second-order valence-corrected chi connectivity index (χ2v) is 4.80. The van der Waals surface area contributed by atoms with Crippen molar-refractivity contribution in [2.75, 3.05) is 5.32 Å². The lowest BCUT2D eigenvalue weighted by Crippen LogP contribution is -2.49. The second-order valence-electron chi connectivity index (χ2n) is 3.63. The number of halogens is 1. The topological polar surface area (TPSA) is 98.7 Å². The Bertz CT molecular complexity index is 450. The predicted octanol–water partition coefficient (Wildman–Crippen LogP) is 1.25. The molecule has 0 aliphatic rings. The lowest BCUT2D eigenvalue weighted by Gasteiger charge is -2.17. The van der Waals surface area contributed by atoms with Crippen molar-refractivity contribution in [3.05, 3.63) is 27.8 Å². The average molecular weight is 364 g/mol. The standard InChI is InChI=1S/C11H13IN2O4/c1-6(15)9(10(16)17)14-11(18)13-8-5-3-2-4-7(8)12/h2-6,9,15H,1H3,(H,16,17)(H2,13,14,18)/t6-,9+/m1/s1. The van der Waals surface area contributed by atoms with Crippen LogP contribution in [0.2, 0.25) is 0 Å². The third kappa shape index (κ3) is 4.15. The van der Waals surface area contributed by atoms with E-state index in [4.69, 9.17) is 5.11 Å². The van der Waals surface area contributed by atoms with E-state index < -0.39 is 24.1 Å². The van der Waals surface area contributed by atoms with Gasteiger partial charge in [0.2, 0.25) is 0 Å². The van der Waals surface area contributed by atoms with Crippen molar-refractivity contribution in [3.8, 4) is 0 Å². The number of carbonyl (C=O) groups is 2. The summed E-state index contributed by atoms with van der Waals surface area (Å²) in [6.07, 6.45) is -1.18. The van der Waals surface area contributed by atoms with E-state index in [0.717, 1.165) is 3.57 Å². The largest absolute Gasteiger partial charge is 0.480 e. The molecule has 2 amide bonds. The number of nitrogens with one attached hydrogen (secondary N) is 2. The second kappa shape index (κ2) is 6.55. The van der Waals surface area contributed by atoms with Crippen LogP contribution in [0.3, 0.4) is 0 Å². The van der Waals surface area contributed by atoms with Crippen LogP contribution in [-0.4, -0.2) is 34.4 Å². The number of urea groups is 1. The fraction of sp³-hybridized carbons (Fsp3) is 0.273. The Balaban J connectivity index is 2.67. The number of aliphatic hydroxyl groups is 1. The van der Waals surface area contributed by atoms with E-state index in [-0.39, 0.29) is 0 Å². The number of anilines is 1. The minimum absolute atomic E-state index is 0.574. The first-order valence-corrected chi connectivity index (χ1v) is 6.22. The molecule has 0 saturated heterocycles. The van der Waals surface area contributed by atoms with Gasteiger partial charge in [-0.25, -0.2) is 9.59 Å².